The summed E-state index contributed by atoms with van der Waals surface area (Å²) in [5, 5.41) is 71.4. The molecule has 0 saturated heterocycles. The summed E-state index contributed by atoms with van der Waals surface area (Å²) in [6.45, 7) is 2.50. The minimum absolute atomic E-state index is 0. The molecule has 0 radical (unpaired) electrons. The fourth-order valence-corrected chi connectivity index (χ4v) is 5.89. The van der Waals surface area contributed by atoms with E-state index >= 15 is 0 Å². The molecule has 58 heavy (non-hydrogen) atoms. The van der Waals surface area contributed by atoms with Crippen LogP contribution in [-0.2, 0) is 28.5 Å². The van der Waals surface area contributed by atoms with Crippen molar-refractivity contribution in [3.8, 4) is 46.0 Å². The number of carbonyl (C=O) groups is 2. The number of aromatic hydroxyl groups is 7. The lowest BCUT2D eigenvalue weighted by Gasteiger charge is -2.34. The Balaban J connectivity index is 0.000000260. The Labute approximate surface area is 335 Å². The highest BCUT2D eigenvalue weighted by atomic mass is 35.5. The van der Waals surface area contributed by atoms with Gasteiger partial charge in [0.1, 0.15) is 30.0 Å². The normalized spacial score (nSPS) is 15.0. The van der Waals surface area contributed by atoms with Crippen molar-refractivity contribution in [1.29, 1.82) is 0 Å². The number of hydrogen-bond acceptors (Lipinski definition) is 13. The van der Waals surface area contributed by atoms with Gasteiger partial charge in [0, 0.05) is 42.3 Å². The third kappa shape index (κ3) is 11.3. The summed E-state index contributed by atoms with van der Waals surface area (Å²) in [7, 11) is 0. The Kier molecular flexibility index (Phi) is 14.5. The largest absolute Gasteiger partial charge is 0.508 e. The Hall–Kier alpha value is -6.52. The van der Waals surface area contributed by atoms with Crippen LogP contribution in [0.15, 0.2) is 97.1 Å². The Morgan fingerprint density at radius 1 is 0.776 bits per heavy atom. The number of carbonyl (C=O) groups excluding carboxylic acids is 2. The SMILES string of the molecule is CC(Cc1cccc(C(F)(F)F)c1)NCCOC(=O)c1ccccc1.Cl.O=C(OC1Cc2c(O)cc(O)cc2OC1c1ccc(O)c(O)c1)c1cc(O)c(O)c(O)c1. The predicted octanol–water partition coefficient (Wildman–Crippen LogP) is 7.03. The topological polar surface area (TPSA) is 215 Å². The summed E-state index contributed by atoms with van der Waals surface area (Å²) in [4.78, 5) is 24.5. The molecule has 0 amide bonds. The van der Waals surface area contributed by atoms with Crippen LogP contribution in [0.2, 0.25) is 0 Å². The number of phenolic OH excluding ortho intramolecular Hbond substituents is 7. The second-order valence-corrected chi connectivity index (χ2v) is 13.0. The van der Waals surface area contributed by atoms with Gasteiger partial charge in [-0.15, -0.1) is 12.4 Å². The van der Waals surface area contributed by atoms with Crippen molar-refractivity contribution in [3.05, 3.63) is 130 Å². The molecule has 0 aliphatic carbocycles. The van der Waals surface area contributed by atoms with E-state index in [0.29, 0.717) is 29.7 Å². The van der Waals surface area contributed by atoms with E-state index in [4.69, 9.17) is 14.2 Å². The Bertz CT molecular complexity index is 2200. The maximum absolute atomic E-state index is 12.7. The Morgan fingerprint density at radius 2 is 1.47 bits per heavy atom. The molecule has 6 rings (SSSR count). The molecule has 308 valence electrons. The lowest BCUT2D eigenvalue weighted by molar-refractivity contribution is -0.137. The molecule has 1 aliphatic heterocycles. The summed E-state index contributed by atoms with van der Waals surface area (Å²) < 4.78 is 54.6. The van der Waals surface area contributed by atoms with Crippen LogP contribution in [0.4, 0.5) is 13.2 Å². The molecule has 0 fully saturated rings. The monoisotopic (exact) mass is 829 g/mol. The van der Waals surface area contributed by atoms with Gasteiger partial charge < -0.3 is 55.3 Å². The molecule has 1 aliphatic rings. The number of rotatable bonds is 10. The first kappa shape index (κ1) is 44.2. The summed E-state index contributed by atoms with van der Waals surface area (Å²) in [5.74, 6) is -4.83. The van der Waals surface area contributed by atoms with Crippen molar-refractivity contribution in [3.63, 3.8) is 0 Å². The molecule has 13 nitrogen and oxygen atoms in total. The number of nitrogens with one attached hydrogen (secondary N) is 1. The molecular weight excluding hydrogens is 791 g/mol. The van der Waals surface area contributed by atoms with E-state index in [1.165, 1.54) is 30.3 Å². The molecule has 0 saturated carbocycles. The molecule has 3 unspecified atom stereocenters. The molecule has 5 aromatic rings. The lowest BCUT2D eigenvalue weighted by atomic mass is 9.93. The van der Waals surface area contributed by atoms with Gasteiger partial charge >= 0.3 is 18.1 Å². The molecule has 0 spiro atoms. The average molecular weight is 830 g/mol. The maximum Gasteiger partial charge on any atom is 0.416 e. The van der Waals surface area contributed by atoms with E-state index in [1.807, 2.05) is 13.0 Å². The molecular formula is C41H39ClF3NO12. The number of hydrogen-bond donors (Lipinski definition) is 8. The first-order valence-electron chi connectivity index (χ1n) is 17.3. The zero-order chi connectivity index (χ0) is 41.4. The van der Waals surface area contributed by atoms with Crippen molar-refractivity contribution in [2.45, 2.75) is 44.2 Å². The fourth-order valence-electron chi connectivity index (χ4n) is 5.89. The summed E-state index contributed by atoms with van der Waals surface area (Å²) >= 11 is 0. The summed E-state index contributed by atoms with van der Waals surface area (Å²) in [6, 6.07) is 22.0. The van der Waals surface area contributed by atoms with E-state index < -0.39 is 58.9 Å². The third-order valence-corrected chi connectivity index (χ3v) is 8.69. The minimum atomic E-state index is -4.34. The quantitative estimate of drug-likeness (QED) is 0.0404. The second kappa shape index (κ2) is 19.1. The summed E-state index contributed by atoms with van der Waals surface area (Å²) in [5.41, 5.74) is 0.773. The molecule has 3 atom stereocenters. The molecule has 1 heterocycles. The molecule has 0 bridgehead atoms. The van der Waals surface area contributed by atoms with Crippen LogP contribution in [0, 0.1) is 0 Å². The highest BCUT2D eigenvalue weighted by molar-refractivity contribution is 5.91. The predicted molar refractivity (Wildman–Crippen MR) is 204 cm³/mol. The number of benzene rings is 5. The van der Waals surface area contributed by atoms with Gasteiger partial charge in [0.25, 0.3) is 0 Å². The zero-order valence-corrected chi connectivity index (χ0v) is 31.3. The zero-order valence-electron chi connectivity index (χ0n) is 30.5. The highest BCUT2D eigenvalue weighted by Gasteiger charge is 2.37. The fraction of sp³-hybridized carbons (Fsp3) is 0.220. The number of esters is 2. The maximum atomic E-state index is 12.7. The van der Waals surface area contributed by atoms with Crippen LogP contribution in [0.3, 0.4) is 0 Å². The van der Waals surface area contributed by atoms with Gasteiger partial charge in [-0.05, 0) is 61.4 Å². The van der Waals surface area contributed by atoms with Crippen LogP contribution in [0.25, 0.3) is 0 Å². The molecule has 8 N–H and O–H groups in total. The van der Waals surface area contributed by atoms with Crippen LogP contribution < -0.4 is 10.1 Å². The number of phenols is 7. The van der Waals surface area contributed by atoms with Gasteiger partial charge in [-0.3, -0.25) is 0 Å². The van der Waals surface area contributed by atoms with Crippen LogP contribution in [0.1, 0.15) is 56.0 Å². The highest BCUT2D eigenvalue weighted by Crippen LogP contribution is 2.44. The van der Waals surface area contributed by atoms with Gasteiger partial charge in [-0.1, -0.05) is 42.5 Å². The second-order valence-electron chi connectivity index (χ2n) is 13.0. The van der Waals surface area contributed by atoms with Gasteiger partial charge in [-0.25, -0.2) is 9.59 Å². The van der Waals surface area contributed by atoms with Crippen LogP contribution in [0.5, 0.6) is 46.0 Å². The average Bonchev–Trinajstić information content (AvgIpc) is 3.16. The Morgan fingerprint density at radius 3 is 2.12 bits per heavy atom. The van der Waals surface area contributed by atoms with Crippen molar-refractivity contribution >= 4 is 24.3 Å². The van der Waals surface area contributed by atoms with E-state index in [1.54, 1.807) is 30.3 Å². The molecule has 17 heteroatoms. The van der Waals surface area contributed by atoms with E-state index in [2.05, 4.69) is 5.32 Å². The minimum Gasteiger partial charge on any atom is -0.508 e. The van der Waals surface area contributed by atoms with Crippen LogP contribution >= 0.6 is 12.4 Å². The first-order chi connectivity index (χ1) is 27.0. The van der Waals surface area contributed by atoms with Crippen molar-refractivity contribution in [2.24, 2.45) is 0 Å². The van der Waals surface area contributed by atoms with E-state index in [-0.39, 0.29) is 65.6 Å². The van der Waals surface area contributed by atoms with E-state index in [9.17, 15) is 58.5 Å². The first-order valence-corrected chi connectivity index (χ1v) is 17.3. The third-order valence-electron chi connectivity index (χ3n) is 8.69. The number of ether oxygens (including phenoxy) is 3. The number of alkyl halides is 3. The number of fused-ring (bicyclic) bond motifs is 1. The molecule has 0 aromatic heterocycles. The van der Waals surface area contributed by atoms with Crippen LogP contribution in [-0.4, -0.2) is 73.0 Å². The number of halogens is 4. The standard InChI is InChI=1S/C22H18O10.C19H20F3NO2.ClH/c23-11-6-14(25)12-8-19(32-22(30)10-4-16(27)20(29)17(28)5-10)21(31-18(12)7-11)9-1-2-13(24)15(26)3-9;1-14(12-15-6-5-9-17(13-15)19(20,21)22)23-10-11-25-18(24)16-7-3-2-4-8-16;/h1-7,19,21,23-29H,8H2;2-9,13-14,23H,10-12H2,1H3;1H. The lowest BCUT2D eigenvalue weighted by Crippen LogP contribution is -2.34. The van der Waals surface area contributed by atoms with Crippen molar-refractivity contribution < 1.29 is 72.7 Å². The smallest absolute Gasteiger partial charge is 0.416 e. The van der Waals surface area contributed by atoms with Gasteiger partial charge in [0.05, 0.1) is 16.7 Å². The van der Waals surface area contributed by atoms with Crippen molar-refractivity contribution in [1.82, 2.24) is 5.32 Å². The summed E-state index contributed by atoms with van der Waals surface area (Å²) in [6.07, 6.45) is -6.00. The van der Waals surface area contributed by atoms with Gasteiger partial charge in [0.15, 0.2) is 34.9 Å². The van der Waals surface area contributed by atoms with E-state index in [0.717, 1.165) is 30.3 Å². The van der Waals surface area contributed by atoms with Gasteiger partial charge in [-0.2, -0.15) is 13.2 Å². The van der Waals surface area contributed by atoms with Crippen molar-refractivity contribution in [2.75, 3.05) is 13.2 Å². The molecule has 5 aromatic carbocycles. The van der Waals surface area contributed by atoms with Gasteiger partial charge in [0.2, 0.25) is 0 Å².